The Morgan fingerprint density at radius 2 is 1.68 bits per heavy atom. The third kappa shape index (κ3) is 9.28. The molecule has 2 aliphatic heterocycles. The number of aliphatic imine (C=N–C) groups is 1. The van der Waals surface area contributed by atoms with Gasteiger partial charge in [0.2, 0.25) is 17.6 Å². The maximum absolute atomic E-state index is 14.3. The number of primary amides is 1. The average Bonchev–Trinajstić information content (AvgIpc) is 3.38. The minimum atomic E-state index is -1.07. The smallest absolute Gasteiger partial charge is 0.315 e. The quantitative estimate of drug-likeness (QED) is 0.191. The molecule has 0 bridgehead atoms. The number of halogens is 2. The van der Waals surface area contributed by atoms with E-state index in [1.165, 1.54) is 6.07 Å². The van der Waals surface area contributed by atoms with Gasteiger partial charge in [0, 0.05) is 28.2 Å². The number of benzene rings is 2. The second kappa shape index (κ2) is 16.7. The number of likely N-dealkylation sites (tertiary alicyclic amines) is 1. The van der Waals surface area contributed by atoms with Gasteiger partial charge in [-0.3, -0.25) is 28.7 Å². The fourth-order valence-electron chi connectivity index (χ4n) is 8.81. The van der Waals surface area contributed by atoms with Crippen molar-refractivity contribution in [3.8, 4) is 5.69 Å². The molecule has 3 aromatic rings. The Morgan fingerprint density at radius 1 is 1.00 bits per heavy atom. The number of hydrogen-bond donors (Lipinski definition) is 4. The lowest BCUT2D eigenvalue weighted by atomic mass is 9.80. The lowest BCUT2D eigenvalue weighted by molar-refractivity contribution is -0.145. The van der Waals surface area contributed by atoms with Crippen molar-refractivity contribution in [1.29, 1.82) is 0 Å². The monoisotopic (exact) mass is 844 g/mol. The number of fused-ring (bicyclic) bond motifs is 4. The van der Waals surface area contributed by atoms with Crippen LogP contribution in [0.4, 0.5) is 9.18 Å². The molecule has 2 saturated carbocycles. The van der Waals surface area contributed by atoms with Crippen molar-refractivity contribution in [3.63, 3.8) is 0 Å². The van der Waals surface area contributed by atoms with Crippen molar-refractivity contribution in [2.75, 3.05) is 6.54 Å². The zero-order valence-corrected chi connectivity index (χ0v) is 36.7. The summed E-state index contributed by atoms with van der Waals surface area (Å²) < 4.78 is 16.3. The Balaban J connectivity index is 0.000000223. The molecule has 1 aromatic heterocycles. The number of amides is 5. The van der Waals surface area contributed by atoms with Crippen molar-refractivity contribution in [2.45, 2.75) is 118 Å². The zero-order valence-electron chi connectivity index (χ0n) is 36.0. The molecule has 5 amide bonds. The van der Waals surface area contributed by atoms with E-state index in [0.29, 0.717) is 35.8 Å². The minimum absolute atomic E-state index is 0.0755. The third-order valence-electron chi connectivity index (χ3n) is 12.3. The molecule has 3 fully saturated rings. The Bertz CT molecular complexity index is 2220. The van der Waals surface area contributed by atoms with Gasteiger partial charge >= 0.3 is 6.03 Å². The first-order valence-electron chi connectivity index (χ1n) is 20.7. The number of hydrogen-bond acceptors (Lipinski definition) is 7. The largest absolute Gasteiger partial charge is 0.363 e. The molecule has 7 rings (SSSR count). The van der Waals surface area contributed by atoms with Crippen molar-refractivity contribution in [1.82, 2.24) is 30.4 Å². The second-order valence-corrected chi connectivity index (χ2v) is 19.7. The average molecular weight is 845 g/mol. The van der Waals surface area contributed by atoms with Crippen LogP contribution in [0.25, 0.3) is 5.69 Å². The van der Waals surface area contributed by atoms with Gasteiger partial charge in [-0.1, -0.05) is 77.6 Å². The normalized spacial score (nSPS) is 21.2. The summed E-state index contributed by atoms with van der Waals surface area (Å²) in [6.45, 7) is 18.1. The van der Waals surface area contributed by atoms with Crippen LogP contribution < -0.4 is 21.7 Å². The number of ketones is 1. The van der Waals surface area contributed by atoms with Gasteiger partial charge in [-0.2, -0.15) is 0 Å². The van der Waals surface area contributed by atoms with E-state index in [0.717, 1.165) is 42.0 Å². The van der Waals surface area contributed by atoms with Gasteiger partial charge in [0.15, 0.2) is 0 Å². The van der Waals surface area contributed by atoms with Crippen LogP contribution in [0, 0.1) is 41.3 Å². The van der Waals surface area contributed by atoms with Crippen molar-refractivity contribution in [2.24, 2.45) is 39.3 Å². The molecule has 2 aliphatic carbocycles. The van der Waals surface area contributed by atoms with Crippen molar-refractivity contribution >= 4 is 46.8 Å². The van der Waals surface area contributed by atoms with Gasteiger partial charge in [0.1, 0.15) is 23.7 Å². The molecular weight excluding hydrogens is 787 g/mol. The highest BCUT2D eigenvalue weighted by molar-refractivity contribution is 6.38. The summed E-state index contributed by atoms with van der Waals surface area (Å²) >= 11 is 6.19. The lowest BCUT2D eigenvalue weighted by Crippen LogP contribution is -2.62. The van der Waals surface area contributed by atoms with E-state index in [4.69, 9.17) is 17.3 Å². The summed E-state index contributed by atoms with van der Waals surface area (Å²) in [6, 6.07) is 9.13. The van der Waals surface area contributed by atoms with Gasteiger partial charge in [-0.25, -0.2) is 14.2 Å². The number of piperidine rings is 1. The molecule has 5 atom stereocenters. The van der Waals surface area contributed by atoms with Crippen LogP contribution in [0.15, 0.2) is 53.7 Å². The summed E-state index contributed by atoms with van der Waals surface area (Å²) in [4.78, 5) is 75.1. The molecule has 322 valence electrons. The third-order valence-corrected chi connectivity index (χ3v) is 12.5. The molecule has 0 radical (unpaired) electrons. The van der Waals surface area contributed by atoms with E-state index in [1.54, 1.807) is 17.0 Å². The number of Topliss-reactive ketones (excluding diaryl/α,β-unsaturated/α-hetero) is 1. The first-order valence-corrected chi connectivity index (χ1v) is 21.0. The SMILES string of the molecule is CC(C)(C)NC(=O)N[C@H](C(=O)N1C[C@H]2[C@@H]([C@H]1C(=O)NC(CC1CCC1)C(=O)C(N)=O)C2(C)C)C(C)(C)C.Cc1ncc2n1-c1ccc(Cl)cc1C(c1ccccc1F)=NC2. The summed E-state index contributed by atoms with van der Waals surface area (Å²) in [5.74, 6) is -1.77. The number of carbonyl (C=O) groups is 5. The number of nitrogens with two attached hydrogens (primary N) is 1. The first-order chi connectivity index (χ1) is 28.0. The molecule has 13 nitrogen and oxygen atoms in total. The van der Waals surface area contributed by atoms with Gasteiger partial charge in [0.25, 0.3) is 5.91 Å². The molecule has 5 N–H and O–H groups in total. The Hall–Kier alpha value is -5.11. The van der Waals surface area contributed by atoms with Gasteiger partial charge in [0.05, 0.1) is 35.9 Å². The standard InChI is InChI=1S/C27H45N5O5.C18H13ClFN3/c1-25(2,3)20(30-24(37)31-26(4,5)6)23(36)32-13-15-17(27(15,7)8)18(32)22(35)29-16(19(33)21(28)34)12-14-10-9-11-14;1-11-21-9-13-10-22-18(14-4-2-3-5-16(14)20)15-8-12(19)6-7-17(15)23(11)13/h14-18,20H,9-13H2,1-8H3,(H2,28,34)(H,29,35)(H2,30,31,37);2-9H,10H2,1H3/t15-,16?,17-,18-,20+;/m0./s1. The highest BCUT2D eigenvalue weighted by Crippen LogP contribution is 2.65. The molecule has 15 heteroatoms. The number of nitrogens with zero attached hydrogens (tertiary/aromatic N) is 4. The van der Waals surface area contributed by atoms with Crippen LogP contribution in [-0.2, 0) is 25.7 Å². The Labute approximate surface area is 356 Å². The summed E-state index contributed by atoms with van der Waals surface area (Å²) in [7, 11) is 0. The second-order valence-electron chi connectivity index (χ2n) is 19.3. The number of rotatable bonds is 9. The number of carbonyl (C=O) groups excluding carboxylic acids is 5. The van der Waals surface area contributed by atoms with E-state index >= 15 is 0 Å². The molecule has 1 unspecified atom stereocenters. The van der Waals surface area contributed by atoms with E-state index in [9.17, 15) is 28.4 Å². The molecule has 60 heavy (non-hydrogen) atoms. The topological polar surface area (TPSA) is 181 Å². The van der Waals surface area contributed by atoms with Crippen LogP contribution in [-0.4, -0.2) is 79.9 Å². The van der Waals surface area contributed by atoms with E-state index in [-0.39, 0.29) is 34.9 Å². The molecule has 4 aliphatic rings. The van der Waals surface area contributed by atoms with Crippen LogP contribution in [0.3, 0.4) is 0 Å². The van der Waals surface area contributed by atoms with Gasteiger partial charge in [-0.05, 0) is 93.0 Å². The van der Waals surface area contributed by atoms with Crippen LogP contribution in [0.5, 0.6) is 0 Å². The highest BCUT2D eigenvalue weighted by atomic mass is 35.5. The maximum Gasteiger partial charge on any atom is 0.315 e. The molecule has 0 spiro atoms. The fourth-order valence-corrected chi connectivity index (χ4v) is 8.98. The first kappa shape index (κ1) is 44.4. The van der Waals surface area contributed by atoms with Crippen molar-refractivity contribution < 1.29 is 28.4 Å². The molecule has 3 heterocycles. The van der Waals surface area contributed by atoms with E-state index in [2.05, 4.69) is 39.8 Å². The summed E-state index contributed by atoms with van der Waals surface area (Å²) in [5.41, 5.74) is 7.83. The Kier molecular flexibility index (Phi) is 12.4. The number of aromatic nitrogens is 2. The predicted molar refractivity (Wildman–Crippen MR) is 228 cm³/mol. The highest BCUT2D eigenvalue weighted by Gasteiger charge is 2.70. The van der Waals surface area contributed by atoms with E-state index in [1.807, 2.05) is 83.5 Å². The van der Waals surface area contributed by atoms with Crippen molar-refractivity contribution in [3.05, 3.63) is 82.1 Å². The zero-order chi connectivity index (χ0) is 44.1. The maximum atomic E-state index is 14.3. The molecular formula is C45H58ClFN8O5. The number of imidazole rings is 1. The summed E-state index contributed by atoms with van der Waals surface area (Å²) in [5, 5.41) is 9.03. The lowest BCUT2D eigenvalue weighted by Gasteiger charge is -2.38. The number of nitrogens with one attached hydrogen (secondary N) is 3. The summed E-state index contributed by atoms with van der Waals surface area (Å²) in [6.07, 6.45) is 5.12. The van der Waals surface area contributed by atoms with Crippen LogP contribution in [0.1, 0.15) is 104 Å². The molecule has 1 saturated heterocycles. The van der Waals surface area contributed by atoms with Gasteiger partial charge < -0.3 is 26.6 Å². The number of aryl methyl sites for hydroxylation is 1. The minimum Gasteiger partial charge on any atom is -0.363 e. The molecule has 2 aromatic carbocycles. The van der Waals surface area contributed by atoms with E-state index < -0.39 is 52.7 Å². The van der Waals surface area contributed by atoms with Crippen LogP contribution in [0.2, 0.25) is 5.02 Å². The Morgan fingerprint density at radius 3 is 2.28 bits per heavy atom. The fraction of sp³-hybridized carbons (Fsp3) is 0.533. The van der Waals surface area contributed by atoms with Gasteiger partial charge in [-0.15, -0.1) is 0 Å². The van der Waals surface area contributed by atoms with Crippen LogP contribution >= 0.6 is 11.6 Å². The predicted octanol–water partition coefficient (Wildman–Crippen LogP) is 6.04. The number of urea groups is 1.